The highest BCUT2D eigenvalue weighted by Crippen LogP contribution is 2.09. The van der Waals surface area contributed by atoms with Gasteiger partial charge in [-0.05, 0) is 41.6 Å². The molecular weight excluding hydrogens is 248 g/mol. The van der Waals surface area contributed by atoms with E-state index in [1.807, 2.05) is 0 Å². The van der Waals surface area contributed by atoms with Crippen LogP contribution < -0.4 is 0 Å². The number of hydrogen-bond acceptors (Lipinski definition) is 4. The van der Waals surface area contributed by atoms with Gasteiger partial charge < -0.3 is 4.55 Å². The van der Waals surface area contributed by atoms with Crippen LogP contribution in [-0.2, 0) is 27.3 Å². The van der Waals surface area contributed by atoms with Gasteiger partial charge in [-0.2, -0.15) is 0 Å². The van der Waals surface area contributed by atoms with Crippen LogP contribution in [0.5, 0.6) is 0 Å². The van der Waals surface area contributed by atoms with Gasteiger partial charge in [-0.3, -0.25) is 4.21 Å². The van der Waals surface area contributed by atoms with E-state index in [0.717, 1.165) is 5.56 Å². The Morgan fingerprint density at radius 3 is 2.25 bits per heavy atom. The summed E-state index contributed by atoms with van der Waals surface area (Å²) in [6.07, 6.45) is 2.40. The number of rotatable bonds is 5. The lowest BCUT2D eigenvalue weighted by molar-refractivity contribution is 0.537. The van der Waals surface area contributed by atoms with Crippen LogP contribution in [0.1, 0.15) is 12.0 Å². The second-order valence-corrected chi connectivity index (χ2v) is 6.81. The first-order chi connectivity index (χ1) is 7.38. The van der Waals surface area contributed by atoms with Crippen LogP contribution in [0.25, 0.3) is 0 Å². The lowest BCUT2D eigenvalue weighted by Gasteiger charge is -2.06. The van der Waals surface area contributed by atoms with E-state index in [4.69, 9.17) is 0 Å². The van der Waals surface area contributed by atoms with Gasteiger partial charge in [0.15, 0.2) is 0 Å². The Kier molecular flexibility index (Phi) is 4.64. The Labute approximate surface area is 97.9 Å². The average Bonchev–Trinajstić information content (AvgIpc) is 2.16. The Morgan fingerprint density at radius 2 is 1.81 bits per heavy atom. The molecule has 4 nitrogen and oxygen atoms in total. The minimum absolute atomic E-state index is 0.155. The standard InChI is InChI=1S/C10H14O4S2/c1-16(13,14)8-2-3-9-4-6-10(7-5-9)15(11)12/h4-7H,2-3,8H2,1H3,(H,11,12)/p-1. The molecule has 1 rings (SSSR count). The van der Waals surface area contributed by atoms with E-state index in [1.165, 1.54) is 18.4 Å². The van der Waals surface area contributed by atoms with E-state index < -0.39 is 20.9 Å². The van der Waals surface area contributed by atoms with Crippen LogP contribution >= 0.6 is 0 Å². The molecule has 1 unspecified atom stereocenters. The van der Waals surface area contributed by atoms with Crippen molar-refractivity contribution in [2.45, 2.75) is 17.7 Å². The second-order valence-electron chi connectivity index (χ2n) is 3.61. The van der Waals surface area contributed by atoms with E-state index in [0.29, 0.717) is 12.8 Å². The van der Waals surface area contributed by atoms with Gasteiger partial charge in [-0.1, -0.05) is 12.1 Å². The molecular formula is C10H13O4S2-. The van der Waals surface area contributed by atoms with E-state index in [2.05, 4.69) is 0 Å². The van der Waals surface area contributed by atoms with Gasteiger partial charge in [-0.15, -0.1) is 0 Å². The zero-order valence-corrected chi connectivity index (χ0v) is 10.5. The molecule has 6 heteroatoms. The molecule has 0 aliphatic carbocycles. The molecule has 0 bridgehead atoms. The van der Waals surface area contributed by atoms with Gasteiger partial charge in [0.1, 0.15) is 9.84 Å². The van der Waals surface area contributed by atoms with Crippen LogP contribution in [0.3, 0.4) is 0 Å². The van der Waals surface area contributed by atoms with Gasteiger partial charge in [0.25, 0.3) is 0 Å². The van der Waals surface area contributed by atoms with Crippen molar-refractivity contribution >= 4 is 20.9 Å². The van der Waals surface area contributed by atoms with Crippen LogP contribution in [0.2, 0.25) is 0 Å². The van der Waals surface area contributed by atoms with Gasteiger partial charge >= 0.3 is 0 Å². The molecule has 16 heavy (non-hydrogen) atoms. The SMILES string of the molecule is CS(=O)(=O)CCCc1ccc(S(=O)[O-])cc1. The van der Waals surface area contributed by atoms with Crippen molar-refractivity contribution in [1.82, 2.24) is 0 Å². The predicted octanol–water partition coefficient (Wildman–Crippen LogP) is 0.902. The van der Waals surface area contributed by atoms with E-state index in [1.54, 1.807) is 12.1 Å². The summed E-state index contributed by atoms with van der Waals surface area (Å²) in [6.45, 7) is 0. The van der Waals surface area contributed by atoms with E-state index in [-0.39, 0.29) is 10.6 Å². The summed E-state index contributed by atoms with van der Waals surface area (Å²) in [5.41, 5.74) is 0.942. The Balaban J connectivity index is 2.53. The van der Waals surface area contributed by atoms with Crippen molar-refractivity contribution < 1.29 is 17.2 Å². The highest BCUT2D eigenvalue weighted by atomic mass is 32.2. The summed E-state index contributed by atoms with van der Waals surface area (Å²) in [6, 6.07) is 6.43. The van der Waals surface area contributed by atoms with Crippen molar-refractivity contribution in [1.29, 1.82) is 0 Å². The summed E-state index contributed by atoms with van der Waals surface area (Å²) in [7, 11) is -2.91. The third-order valence-corrected chi connectivity index (χ3v) is 3.78. The molecule has 1 atom stereocenters. The van der Waals surface area contributed by atoms with Crippen molar-refractivity contribution in [3.05, 3.63) is 29.8 Å². The van der Waals surface area contributed by atoms with Gasteiger partial charge in [0, 0.05) is 11.2 Å². The third-order valence-electron chi connectivity index (χ3n) is 2.10. The molecule has 0 aliphatic heterocycles. The maximum absolute atomic E-state index is 10.9. The highest BCUT2D eigenvalue weighted by molar-refractivity contribution is 7.90. The van der Waals surface area contributed by atoms with Crippen molar-refractivity contribution in [2.75, 3.05) is 12.0 Å². The molecule has 90 valence electrons. The fraction of sp³-hybridized carbons (Fsp3) is 0.400. The lowest BCUT2D eigenvalue weighted by Crippen LogP contribution is -2.04. The quantitative estimate of drug-likeness (QED) is 0.738. The molecule has 0 aliphatic rings. The molecule has 0 radical (unpaired) electrons. The summed E-state index contributed by atoms with van der Waals surface area (Å²) in [5.74, 6) is 0.155. The maximum Gasteiger partial charge on any atom is 0.147 e. The number of sulfone groups is 1. The van der Waals surface area contributed by atoms with Crippen LogP contribution in [-0.4, -0.2) is 29.2 Å². The second kappa shape index (κ2) is 5.56. The van der Waals surface area contributed by atoms with Gasteiger partial charge in [-0.25, -0.2) is 8.42 Å². The summed E-state index contributed by atoms with van der Waals surface area (Å²) in [4.78, 5) is 0.242. The fourth-order valence-electron chi connectivity index (χ4n) is 1.31. The first-order valence-corrected chi connectivity index (χ1v) is 7.88. The number of aryl methyl sites for hydroxylation is 1. The van der Waals surface area contributed by atoms with Crippen molar-refractivity contribution in [2.24, 2.45) is 0 Å². The van der Waals surface area contributed by atoms with Crippen molar-refractivity contribution in [3.8, 4) is 0 Å². The van der Waals surface area contributed by atoms with Gasteiger partial charge in [0.2, 0.25) is 0 Å². The number of hydrogen-bond donors (Lipinski definition) is 0. The Bertz CT molecular complexity index is 462. The van der Waals surface area contributed by atoms with Gasteiger partial charge in [0.05, 0.1) is 5.75 Å². The normalized spacial score (nSPS) is 13.6. The Hall–Kier alpha value is -0.720. The molecule has 0 spiro atoms. The molecule has 0 aromatic heterocycles. The average molecular weight is 261 g/mol. The van der Waals surface area contributed by atoms with Crippen LogP contribution in [0.15, 0.2) is 29.2 Å². The summed E-state index contributed by atoms with van der Waals surface area (Å²) in [5, 5.41) is 0. The monoisotopic (exact) mass is 261 g/mol. The minimum atomic E-state index is -2.91. The van der Waals surface area contributed by atoms with E-state index in [9.17, 15) is 17.2 Å². The minimum Gasteiger partial charge on any atom is -0.768 e. The molecule has 0 fully saturated rings. The first kappa shape index (κ1) is 13.3. The molecule has 0 saturated heterocycles. The van der Waals surface area contributed by atoms with Crippen molar-refractivity contribution in [3.63, 3.8) is 0 Å². The molecule has 0 heterocycles. The summed E-state index contributed by atoms with van der Waals surface area (Å²) >= 11 is -2.20. The molecule has 1 aromatic rings. The predicted molar refractivity (Wildman–Crippen MR) is 61.7 cm³/mol. The molecule has 1 aromatic carbocycles. The smallest absolute Gasteiger partial charge is 0.147 e. The zero-order chi connectivity index (χ0) is 12.2. The topological polar surface area (TPSA) is 74.3 Å². The van der Waals surface area contributed by atoms with Crippen LogP contribution in [0, 0.1) is 0 Å². The first-order valence-electron chi connectivity index (χ1n) is 4.74. The molecule has 0 N–H and O–H groups in total. The Morgan fingerprint density at radius 1 is 1.25 bits per heavy atom. The molecule has 0 saturated carbocycles. The van der Waals surface area contributed by atoms with E-state index >= 15 is 0 Å². The lowest BCUT2D eigenvalue weighted by atomic mass is 10.1. The highest BCUT2D eigenvalue weighted by Gasteiger charge is 2.02. The fourth-order valence-corrected chi connectivity index (χ4v) is 2.33. The largest absolute Gasteiger partial charge is 0.768 e. The summed E-state index contributed by atoms with van der Waals surface area (Å²) < 4.78 is 42.9. The van der Waals surface area contributed by atoms with Crippen LogP contribution in [0.4, 0.5) is 0 Å². The third kappa shape index (κ3) is 4.87. The maximum atomic E-state index is 10.9. The number of benzene rings is 1. The zero-order valence-electron chi connectivity index (χ0n) is 8.88. The molecule has 0 amide bonds.